The van der Waals surface area contributed by atoms with E-state index in [2.05, 4.69) is 11.9 Å². The van der Waals surface area contributed by atoms with Crippen molar-refractivity contribution < 1.29 is 14.7 Å². The molecule has 6 nitrogen and oxygen atoms in total. The van der Waals surface area contributed by atoms with Gasteiger partial charge in [0.2, 0.25) is 0 Å². The van der Waals surface area contributed by atoms with Crippen LogP contribution < -0.4 is 0 Å². The fourth-order valence-corrected chi connectivity index (χ4v) is 4.16. The highest BCUT2D eigenvalue weighted by Gasteiger charge is 2.32. The highest BCUT2D eigenvalue weighted by molar-refractivity contribution is 7.99. The van der Waals surface area contributed by atoms with Crippen molar-refractivity contribution in [2.45, 2.75) is 31.3 Å². The fourth-order valence-electron chi connectivity index (χ4n) is 3.10. The number of nitrogens with zero attached hydrogens (tertiary/aromatic N) is 3. The second kappa shape index (κ2) is 7.35. The zero-order valence-corrected chi connectivity index (χ0v) is 13.6. The number of hydrogen-bond acceptors (Lipinski definition) is 4. The summed E-state index contributed by atoms with van der Waals surface area (Å²) in [6.07, 6.45) is 2.35. The first kappa shape index (κ1) is 16.4. The largest absolute Gasteiger partial charge is 0.481 e. The third-order valence-corrected chi connectivity index (χ3v) is 5.46. The van der Waals surface area contributed by atoms with Crippen LogP contribution >= 0.6 is 11.8 Å². The standard InChI is InChI=1S/C14H25N3O3S/c1-15-5-3-4-11(15)9-16(2)14(20)17-6-7-21-10-12(17)8-13(18)19/h11-12H,3-10H2,1-2H3,(H,18,19). The molecule has 0 aromatic heterocycles. The molecule has 0 spiro atoms. The summed E-state index contributed by atoms with van der Waals surface area (Å²) in [5, 5.41) is 9.00. The number of hydrogen-bond donors (Lipinski definition) is 1. The third-order valence-electron chi connectivity index (χ3n) is 4.37. The Bertz CT molecular complexity index is 394. The molecule has 2 unspecified atom stereocenters. The molecule has 7 heteroatoms. The van der Waals surface area contributed by atoms with Crippen LogP contribution in [0.3, 0.4) is 0 Å². The number of rotatable bonds is 4. The van der Waals surface area contributed by atoms with Crippen molar-refractivity contribution >= 4 is 23.8 Å². The van der Waals surface area contributed by atoms with Gasteiger partial charge in [-0.15, -0.1) is 0 Å². The number of likely N-dealkylation sites (tertiary alicyclic amines) is 1. The summed E-state index contributed by atoms with van der Waals surface area (Å²) in [5.41, 5.74) is 0. The average Bonchev–Trinajstić information content (AvgIpc) is 2.83. The number of carbonyl (C=O) groups excluding carboxylic acids is 1. The first-order valence-corrected chi connectivity index (χ1v) is 8.66. The summed E-state index contributed by atoms with van der Waals surface area (Å²) in [5.74, 6) is 0.771. The predicted octanol–water partition coefficient (Wildman–Crippen LogP) is 1.02. The number of carboxylic acid groups (broad SMARTS) is 1. The van der Waals surface area contributed by atoms with Gasteiger partial charge in [-0.05, 0) is 26.4 Å². The molecule has 2 fully saturated rings. The normalized spacial score (nSPS) is 26.9. The Labute approximate surface area is 130 Å². The molecule has 2 heterocycles. The van der Waals surface area contributed by atoms with Crippen molar-refractivity contribution in [3.63, 3.8) is 0 Å². The number of amides is 2. The van der Waals surface area contributed by atoms with E-state index >= 15 is 0 Å². The van der Waals surface area contributed by atoms with Gasteiger partial charge in [0.25, 0.3) is 0 Å². The van der Waals surface area contributed by atoms with Crippen LogP contribution in [0.4, 0.5) is 4.79 Å². The van der Waals surface area contributed by atoms with Crippen molar-refractivity contribution in [2.75, 3.05) is 45.2 Å². The average molecular weight is 315 g/mol. The molecule has 0 aromatic carbocycles. The molecular weight excluding hydrogens is 290 g/mol. The van der Waals surface area contributed by atoms with E-state index in [0.717, 1.165) is 31.0 Å². The van der Waals surface area contributed by atoms with Crippen LogP contribution in [0.5, 0.6) is 0 Å². The predicted molar refractivity (Wildman–Crippen MR) is 83.7 cm³/mol. The number of carboxylic acids is 1. The Balaban J connectivity index is 1.93. The molecule has 0 saturated carbocycles. The number of likely N-dealkylation sites (N-methyl/N-ethyl adjacent to an activating group) is 2. The Morgan fingerprint density at radius 3 is 2.71 bits per heavy atom. The van der Waals surface area contributed by atoms with Gasteiger partial charge >= 0.3 is 12.0 Å². The molecule has 120 valence electrons. The van der Waals surface area contributed by atoms with E-state index in [0.29, 0.717) is 12.6 Å². The minimum Gasteiger partial charge on any atom is -0.481 e. The van der Waals surface area contributed by atoms with Gasteiger partial charge in [0.1, 0.15) is 0 Å². The maximum atomic E-state index is 12.6. The molecular formula is C14H25N3O3S. The number of carbonyl (C=O) groups is 2. The van der Waals surface area contributed by atoms with E-state index < -0.39 is 5.97 Å². The smallest absolute Gasteiger partial charge is 0.320 e. The monoisotopic (exact) mass is 315 g/mol. The van der Waals surface area contributed by atoms with Crippen molar-refractivity contribution in [1.29, 1.82) is 0 Å². The molecule has 0 aromatic rings. The lowest BCUT2D eigenvalue weighted by Crippen LogP contribution is -2.53. The van der Waals surface area contributed by atoms with E-state index in [4.69, 9.17) is 5.11 Å². The van der Waals surface area contributed by atoms with Crippen molar-refractivity contribution in [1.82, 2.24) is 14.7 Å². The van der Waals surface area contributed by atoms with Gasteiger partial charge in [-0.25, -0.2) is 4.79 Å². The van der Waals surface area contributed by atoms with Gasteiger partial charge in [-0.1, -0.05) is 0 Å². The van der Waals surface area contributed by atoms with Crippen LogP contribution in [0.2, 0.25) is 0 Å². The third kappa shape index (κ3) is 4.26. The minimum absolute atomic E-state index is 0.0261. The SMILES string of the molecule is CN(CC1CCCN1C)C(=O)N1CCSCC1CC(=O)O. The molecule has 0 bridgehead atoms. The van der Waals surface area contributed by atoms with Crippen molar-refractivity contribution in [3.05, 3.63) is 0 Å². The number of aliphatic carboxylic acids is 1. The fraction of sp³-hybridized carbons (Fsp3) is 0.857. The van der Waals surface area contributed by atoms with E-state index in [1.165, 1.54) is 6.42 Å². The van der Waals surface area contributed by atoms with Crippen LogP contribution in [-0.4, -0.2) is 89.1 Å². The van der Waals surface area contributed by atoms with Gasteiger partial charge in [0.05, 0.1) is 12.5 Å². The van der Waals surface area contributed by atoms with E-state index in [9.17, 15) is 9.59 Å². The lowest BCUT2D eigenvalue weighted by Gasteiger charge is -2.38. The second-order valence-electron chi connectivity index (χ2n) is 5.96. The van der Waals surface area contributed by atoms with Gasteiger partial charge < -0.3 is 19.8 Å². The summed E-state index contributed by atoms with van der Waals surface area (Å²) in [6.45, 7) is 2.46. The lowest BCUT2D eigenvalue weighted by atomic mass is 10.2. The van der Waals surface area contributed by atoms with Crippen molar-refractivity contribution in [3.8, 4) is 0 Å². The molecule has 2 aliphatic heterocycles. The van der Waals surface area contributed by atoms with E-state index in [1.54, 1.807) is 21.6 Å². The van der Waals surface area contributed by atoms with Crippen LogP contribution in [0.1, 0.15) is 19.3 Å². The summed E-state index contributed by atoms with van der Waals surface area (Å²) < 4.78 is 0. The Kier molecular flexibility index (Phi) is 5.75. The quantitative estimate of drug-likeness (QED) is 0.839. The van der Waals surface area contributed by atoms with Crippen LogP contribution in [0.25, 0.3) is 0 Å². The van der Waals surface area contributed by atoms with Crippen molar-refractivity contribution in [2.24, 2.45) is 0 Å². The minimum atomic E-state index is -0.835. The molecule has 2 aliphatic rings. The molecule has 0 aliphatic carbocycles. The molecule has 2 saturated heterocycles. The zero-order valence-electron chi connectivity index (χ0n) is 12.8. The van der Waals surface area contributed by atoms with Crippen LogP contribution in [0, 0.1) is 0 Å². The van der Waals surface area contributed by atoms with Gasteiger partial charge in [0, 0.05) is 37.7 Å². The molecule has 2 rings (SSSR count). The summed E-state index contributed by atoms with van der Waals surface area (Å²) >= 11 is 1.73. The molecule has 21 heavy (non-hydrogen) atoms. The molecule has 2 atom stereocenters. The topological polar surface area (TPSA) is 64.1 Å². The summed E-state index contributed by atoms with van der Waals surface area (Å²) in [4.78, 5) is 29.4. The highest BCUT2D eigenvalue weighted by Crippen LogP contribution is 2.21. The van der Waals surface area contributed by atoms with Gasteiger partial charge in [-0.3, -0.25) is 4.79 Å². The summed E-state index contributed by atoms with van der Waals surface area (Å²) in [6, 6.07) is 0.218. The maximum absolute atomic E-state index is 12.6. The Morgan fingerprint density at radius 1 is 1.33 bits per heavy atom. The zero-order chi connectivity index (χ0) is 15.4. The van der Waals surface area contributed by atoms with E-state index in [-0.39, 0.29) is 18.5 Å². The Hall–Kier alpha value is -0.950. The number of urea groups is 1. The molecule has 1 N–H and O–H groups in total. The second-order valence-corrected chi connectivity index (χ2v) is 7.11. The lowest BCUT2D eigenvalue weighted by molar-refractivity contribution is -0.138. The molecule has 0 radical (unpaired) electrons. The molecule has 2 amide bonds. The maximum Gasteiger partial charge on any atom is 0.320 e. The highest BCUT2D eigenvalue weighted by atomic mass is 32.2. The summed E-state index contributed by atoms with van der Waals surface area (Å²) in [7, 11) is 3.93. The first-order chi connectivity index (χ1) is 9.99. The van der Waals surface area contributed by atoms with E-state index in [1.807, 2.05) is 7.05 Å². The Morgan fingerprint density at radius 2 is 2.10 bits per heavy atom. The van der Waals surface area contributed by atoms with Crippen LogP contribution in [0.15, 0.2) is 0 Å². The van der Waals surface area contributed by atoms with Gasteiger partial charge in [0.15, 0.2) is 0 Å². The van der Waals surface area contributed by atoms with Crippen LogP contribution in [-0.2, 0) is 4.79 Å². The van der Waals surface area contributed by atoms with Gasteiger partial charge in [-0.2, -0.15) is 11.8 Å². The number of thioether (sulfide) groups is 1. The first-order valence-electron chi connectivity index (χ1n) is 7.50.